The molecule has 114 valence electrons. The standard InChI is InChI=1S/C16H21BrFN3/c1-4-14-16(17)15(21(5-2)20-14)10-19-11(3)12-6-8-13(18)9-7-12/h6-9,11,19H,4-5,10H2,1-3H3. The number of hydrogen-bond acceptors (Lipinski definition) is 2. The number of rotatable bonds is 6. The minimum absolute atomic E-state index is 0.155. The van der Waals surface area contributed by atoms with Crippen LogP contribution in [0.3, 0.4) is 0 Å². The average Bonchev–Trinajstić information content (AvgIpc) is 2.81. The molecule has 0 aliphatic heterocycles. The van der Waals surface area contributed by atoms with Crippen LogP contribution < -0.4 is 5.32 Å². The van der Waals surface area contributed by atoms with Crippen LogP contribution in [-0.2, 0) is 19.5 Å². The number of benzene rings is 1. The van der Waals surface area contributed by atoms with Gasteiger partial charge in [0.15, 0.2) is 0 Å². The lowest BCUT2D eigenvalue weighted by atomic mass is 10.1. The third-order valence-electron chi connectivity index (χ3n) is 3.64. The van der Waals surface area contributed by atoms with Crippen molar-refractivity contribution in [3.63, 3.8) is 0 Å². The van der Waals surface area contributed by atoms with E-state index in [4.69, 9.17) is 0 Å². The Morgan fingerprint density at radius 3 is 2.52 bits per heavy atom. The Balaban J connectivity index is 2.09. The summed E-state index contributed by atoms with van der Waals surface area (Å²) >= 11 is 3.65. The molecule has 2 aromatic rings. The molecule has 0 fully saturated rings. The summed E-state index contributed by atoms with van der Waals surface area (Å²) < 4.78 is 16.1. The molecular weight excluding hydrogens is 333 g/mol. The van der Waals surface area contributed by atoms with Crippen molar-refractivity contribution in [3.8, 4) is 0 Å². The molecule has 0 aliphatic rings. The highest BCUT2D eigenvalue weighted by Crippen LogP contribution is 2.23. The molecule has 1 atom stereocenters. The Morgan fingerprint density at radius 2 is 1.95 bits per heavy atom. The first kappa shape index (κ1) is 16.2. The molecule has 5 heteroatoms. The molecule has 0 bridgehead atoms. The summed E-state index contributed by atoms with van der Waals surface area (Å²) in [4.78, 5) is 0. The third-order valence-corrected chi connectivity index (χ3v) is 4.56. The van der Waals surface area contributed by atoms with E-state index in [9.17, 15) is 4.39 Å². The van der Waals surface area contributed by atoms with Crippen LogP contribution in [0.25, 0.3) is 0 Å². The van der Waals surface area contributed by atoms with Gasteiger partial charge in [0.1, 0.15) is 5.82 Å². The molecule has 0 spiro atoms. The molecule has 1 heterocycles. The number of halogens is 2. The molecule has 0 aliphatic carbocycles. The van der Waals surface area contributed by atoms with E-state index in [2.05, 4.69) is 47.1 Å². The van der Waals surface area contributed by atoms with Crippen LogP contribution in [0, 0.1) is 5.82 Å². The van der Waals surface area contributed by atoms with Gasteiger partial charge in [0, 0.05) is 19.1 Å². The molecule has 0 amide bonds. The van der Waals surface area contributed by atoms with E-state index in [-0.39, 0.29) is 11.9 Å². The van der Waals surface area contributed by atoms with E-state index in [1.165, 1.54) is 12.1 Å². The number of aryl methyl sites for hydroxylation is 2. The van der Waals surface area contributed by atoms with Crippen LogP contribution in [0.2, 0.25) is 0 Å². The molecule has 1 aromatic carbocycles. The summed E-state index contributed by atoms with van der Waals surface area (Å²) in [5, 5.41) is 8.06. The van der Waals surface area contributed by atoms with E-state index in [0.717, 1.165) is 40.9 Å². The molecule has 21 heavy (non-hydrogen) atoms. The van der Waals surface area contributed by atoms with Crippen molar-refractivity contribution >= 4 is 15.9 Å². The fraction of sp³-hybridized carbons (Fsp3) is 0.438. The minimum Gasteiger partial charge on any atom is -0.305 e. The summed E-state index contributed by atoms with van der Waals surface area (Å²) in [7, 11) is 0. The van der Waals surface area contributed by atoms with Crippen LogP contribution in [0.5, 0.6) is 0 Å². The molecule has 2 rings (SSSR count). The van der Waals surface area contributed by atoms with Crippen molar-refractivity contribution < 1.29 is 4.39 Å². The second-order valence-corrected chi connectivity index (χ2v) is 5.82. The summed E-state index contributed by atoms with van der Waals surface area (Å²) in [6.45, 7) is 7.84. The van der Waals surface area contributed by atoms with Gasteiger partial charge in [0.2, 0.25) is 0 Å². The Kier molecular flexibility index (Phi) is 5.53. The first-order valence-corrected chi connectivity index (χ1v) is 8.09. The van der Waals surface area contributed by atoms with Gasteiger partial charge in [0.05, 0.1) is 15.9 Å². The highest BCUT2D eigenvalue weighted by atomic mass is 79.9. The Hall–Kier alpha value is -1.20. The zero-order chi connectivity index (χ0) is 15.4. The van der Waals surface area contributed by atoms with Crippen molar-refractivity contribution in [3.05, 3.63) is 51.5 Å². The maximum absolute atomic E-state index is 13.0. The van der Waals surface area contributed by atoms with Gasteiger partial charge in [-0.15, -0.1) is 0 Å². The molecular formula is C16H21BrFN3. The van der Waals surface area contributed by atoms with Crippen molar-refractivity contribution in [2.45, 2.75) is 46.3 Å². The van der Waals surface area contributed by atoms with Crippen LogP contribution in [-0.4, -0.2) is 9.78 Å². The fourth-order valence-corrected chi connectivity index (χ4v) is 3.01. The first-order chi connectivity index (χ1) is 10.1. The predicted molar refractivity (Wildman–Crippen MR) is 86.6 cm³/mol. The second-order valence-electron chi connectivity index (χ2n) is 5.03. The molecule has 1 unspecified atom stereocenters. The number of nitrogens with one attached hydrogen (secondary N) is 1. The largest absolute Gasteiger partial charge is 0.305 e. The molecule has 1 N–H and O–H groups in total. The Labute approximate surface area is 133 Å². The van der Waals surface area contributed by atoms with Crippen molar-refractivity contribution in [1.82, 2.24) is 15.1 Å². The Morgan fingerprint density at radius 1 is 1.29 bits per heavy atom. The maximum Gasteiger partial charge on any atom is 0.123 e. The number of nitrogens with zero attached hydrogens (tertiary/aromatic N) is 2. The smallest absolute Gasteiger partial charge is 0.123 e. The quantitative estimate of drug-likeness (QED) is 0.842. The van der Waals surface area contributed by atoms with E-state index in [1.807, 2.05) is 16.8 Å². The molecule has 3 nitrogen and oxygen atoms in total. The third kappa shape index (κ3) is 3.71. The van der Waals surface area contributed by atoms with E-state index < -0.39 is 0 Å². The molecule has 0 saturated heterocycles. The summed E-state index contributed by atoms with van der Waals surface area (Å²) in [5.74, 6) is -0.203. The van der Waals surface area contributed by atoms with Crippen LogP contribution in [0.4, 0.5) is 4.39 Å². The van der Waals surface area contributed by atoms with E-state index >= 15 is 0 Å². The van der Waals surface area contributed by atoms with E-state index in [0.29, 0.717) is 0 Å². The van der Waals surface area contributed by atoms with Gasteiger partial charge >= 0.3 is 0 Å². The van der Waals surface area contributed by atoms with Crippen molar-refractivity contribution in [2.24, 2.45) is 0 Å². The first-order valence-electron chi connectivity index (χ1n) is 7.29. The number of aromatic nitrogens is 2. The van der Waals surface area contributed by atoms with Gasteiger partial charge in [-0.3, -0.25) is 4.68 Å². The zero-order valence-electron chi connectivity index (χ0n) is 12.7. The van der Waals surface area contributed by atoms with E-state index in [1.54, 1.807) is 0 Å². The lowest BCUT2D eigenvalue weighted by Crippen LogP contribution is -2.20. The maximum atomic E-state index is 13.0. The normalized spacial score (nSPS) is 12.6. The van der Waals surface area contributed by atoms with Crippen molar-refractivity contribution in [2.75, 3.05) is 0 Å². The molecule has 1 aromatic heterocycles. The molecule has 0 radical (unpaired) electrons. The van der Waals surface area contributed by atoms with Gasteiger partial charge in [-0.25, -0.2) is 4.39 Å². The summed E-state index contributed by atoms with van der Waals surface area (Å²) in [6, 6.07) is 6.78. The summed E-state index contributed by atoms with van der Waals surface area (Å²) in [5.41, 5.74) is 3.32. The topological polar surface area (TPSA) is 29.9 Å². The van der Waals surface area contributed by atoms with Gasteiger partial charge in [0.25, 0.3) is 0 Å². The van der Waals surface area contributed by atoms with Gasteiger partial charge in [-0.05, 0) is 53.9 Å². The van der Waals surface area contributed by atoms with Crippen LogP contribution in [0.1, 0.15) is 43.8 Å². The van der Waals surface area contributed by atoms with Gasteiger partial charge < -0.3 is 5.32 Å². The second kappa shape index (κ2) is 7.18. The van der Waals surface area contributed by atoms with Crippen LogP contribution in [0.15, 0.2) is 28.7 Å². The highest BCUT2D eigenvalue weighted by molar-refractivity contribution is 9.10. The Bertz CT molecular complexity index is 592. The lowest BCUT2D eigenvalue weighted by Gasteiger charge is -2.15. The minimum atomic E-state index is -0.203. The molecule has 0 saturated carbocycles. The zero-order valence-corrected chi connectivity index (χ0v) is 14.2. The SMILES string of the molecule is CCc1nn(CC)c(CNC(C)c2ccc(F)cc2)c1Br. The van der Waals surface area contributed by atoms with Gasteiger partial charge in [-0.1, -0.05) is 19.1 Å². The predicted octanol–water partition coefficient (Wildman–Crippen LogP) is 4.22. The highest BCUT2D eigenvalue weighted by Gasteiger charge is 2.14. The van der Waals surface area contributed by atoms with Gasteiger partial charge in [-0.2, -0.15) is 5.10 Å². The lowest BCUT2D eigenvalue weighted by molar-refractivity contribution is 0.528. The van der Waals surface area contributed by atoms with Crippen LogP contribution >= 0.6 is 15.9 Å². The van der Waals surface area contributed by atoms with Crippen molar-refractivity contribution in [1.29, 1.82) is 0 Å². The fourth-order valence-electron chi connectivity index (χ4n) is 2.31. The average molecular weight is 354 g/mol. The number of hydrogen-bond donors (Lipinski definition) is 1. The summed E-state index contributed by atoms with van der Waals surface area (Å²) in [6.07, 6.45) is 0.911. The monoisotopic (exact) mass is 353 g/mol.